The maximum absolute atomic E-state index is 14.8. The number of hydrogen-bond donors (Lipinski definition) is 2. The number of aliphatic hydroxyl groups is 2. The number of carbonyl (C=O) groups excluding carboxylic acids is 6. The molecule has 6 aliphatic rings. The lowest BCUT2D eigenvalue weighted by atomic mass is 9.78. The number of pyridine rings is 1. The zero-order chi connectivity index (χ0) is 61.9. The number of ketones is 3. The Morgan fingerprint density at radius 1 is 0.835 bits per heavy atom. The molecule has 1 aliphatic carbocycles. The summed E-state index contributed by atoms with van der Waals surface area (Å²) < 4.78 is 36.6. The van der Waals surface area contributed by atoms with E-state index in [1.165, 1.54) is 12.0 Å². The number of rotatable bonds is 11. The second-order valence-electron chi connectivity index (χ2n) is 25.7. The third kappa shape index (κ3) is 16.6. The van der Waals surface area contributed by atoms with E-state index in [4.69, 9.17) is 33.3 Å². The quantitative estimate of drug-likeness (QED) is 0.122. The van der Waals surface area contributed by atoms with Gasteiger partial charge in [-0.2, -0.15) is 0 Å². The molecule has 5 aliphatic heterocycles. The zero-order valence-corrected chi connectivity index (χ0v) is 52.2. The number of aromatic nitrogens is 1. The molecule has 1 saturated carbocycles. The topological polar surface area (TPSA) is 227 Å². The van der Waals surface area contributed by atoms with E-state index in [0.717, 1.165) is 17.0 Å². The number of methoxy groups -OCH3 is 3. The molecular formula is C67H95N3O15. The molecule has 4 bridgehead atoms. The Morgan fingerprint density at radius 3 is 2.25 bits per heavy atom. The highest BCUT2D eigenvalue weighted by atomic mass is 16.7. The summed E-state index contributed by atoms with van der Waals surface area (Å²) in [5.74, 6) is -9.15. The molecule has 3 fully saturated rings. The number of benzene rings is 1. The van der Waals surface area contributed by atoms with Gasteiger partial charge < -0.3 is 43.5 Å². The highest BCUT2D eigenvalue weighted by Gasteiger charge is 2.53. The van der Waals surface area contributed by atoms with Crippen molar-refractivity contribution in [2.75, 3.05) is 32.9 Å². The number of piperidine rings is 1. The molecule has 6 heterocycles. The van der Waals surface area contributed by atoms with Crippen molar-refractivity contribution in [1.82, 2.24) is 9.88 Å². The van der Waals surface area contributed by atoms with Crippen LogP contribution in [0.5, 0.6) is 0 Å². The van der Waals surface area contributed by atoms with Crippen LogP contribution in [-0.4, -0.2) is 150 Å². The summed E-state index contributed by atoms with van der Waals surface area (Å²) in [6.07, 6.45) is 8.05. The number of Topliss-reactive ketones (excluding diaryl/α,β-unsaturated/α-hetero) is 3. The summed E-state index contributed by atoms with van der Waals surface area (Å²) in [7, 11) is 4.55. The number of allylic oxidation sites excluding steroid dienone is 1. The van der Waals surface area contributed by atoms with Crippen LogP contribution in [0.4, 0.5) is 5.69 Å². The van der Waals surface area contributed by atoms with Crippen LogP contribution >= 0.6 is 0 Å². The monoisotopic (exact) mass is 1180 g/mol. The van der Waals surface area contributed by atoms with Crippen LogP contribution in [0.3, 0.4) is 0 Å². The molecule has 0 spiro atoms. The van der Waals surface area contributed by atoms with Gasteiger partial charge in [0.05, 0.1) is 35.5 Å². The lowest BCUT2D eigenvalue weighted by molar-refractivity contribution is -0.265. The SMILES string of the molecule is CO[C@H]1C[C@@H]2CC[C@@H](C)[C@@](O)(O2)C(=O)C(=O)N2CCCCC2C(=O)O[C@H]([C@H](C)C[C@@H]2CC[C@@H](OC(=O)C(C)(C)Cc3ccccn3)[C@H](OC)C2)CC(=O)[C@H](C)/C=C(\C)[C@@H](O)[C@@H](OC)C(=O)[C@H](C)C[C@H](C)C2C=CC(/C=C/1C)ON2c1ccccc1. The van der Waals surface area contributed by atoms with Crippen molar-refractivity contribution < 1.29 is 72.2 Å². The first-order valence-electron chi connectivity index (χ1n) is 30.8. The lowest BCUT2D eigenvalue weighted by Crippen LogP contribution is -2.61. The molecule has 1 aromatic carbocycles. The summed E-state index contributed by atoms with van der Waals surface area (Å²) in [6.45, 7) is 16.4. The van der Waals surface area contributed by atoms with Gasteiger partial charge in [0.25, 0.3) is 11.7 Å². The van der Waals surface area contributed by atoms with E-state index in [1.54, 1.807) is 47.3 Å². The highest BCUT2D eigenvalue weighted by Crippen LogP contribution is 2.40. The number of hydroxylamine groups is 1. The van der Waals surface area contributed by atoms with Gasteiger partial charge in [0.2, 0.25) is 5.79 Å². The zero-order valence-electron chi connectivity index (χ0n) is 52.2. The van der Waals surface area contributed by atoms with Crippen LogP contribution in [0.2, 0.25) is 0 Å². The summed E-state index contributed by atoms with van der Waals surface area (Å²) >= 11 is 0. The minimum absolute atomic E-state index is 0.0119. The second-order valence-corrected chi connectivity index (χ2v) is 25.7. The Hall–Kier alpha value is -5.47. The fourth-order valence-corrected chi connectivity index (χ4v) is 13.2. The van der Waals surface area contributed by atoms with Crippen molar-refractivity contribution in [3.8, 4) is 0 Å². The average molecular weight is 1180 g/mol. The number of anilines is 1. The van der Waals surface area contributed by atoms with E-state index >= 15 is 0 Å². The van der Waals surface area contributed by atoms with Crippen LogP contribution in [-0.2, 0) is 68.4 Å². The Bertz CT molecular complexity index is 2700. The van der Waals surface area contributed by atoms with E-state index < -0.39 is 107 Å². The minimum Gasteiger partial charge on any atom is -0.460 e. The molecule has 18 heteroatoms. The molecule has 2 aromatic rings. The number of fused-ring (bicyclic) bond motifs is 16. The van der Waals surface area contributed by atoms with Crippen LogP contribution in [0, 0.1) is 40.9 Å². The third-order valence-electron chi connectivity index (χ3n) is 18.6. The summed E-state index contributed by atoms with van der Waals surface area (Å²) in [5, 5.41) is 26.0. The van der Waals surface area contributed by atoms with Gasteiger partial charge in [0, 0.05) is 76.8 Å². The van der Waals surface area contributed by atoms with Crippen LogP contribution in [0.25, 0.3) is 0 Å². The molecule has 0 radical (unpaired) electrons. The Morgan fingerprint density at radius 2 is 1.56 bits per heavy atom. The van der Waals surface area contributed by atoms with Crippen LogP contribution < -0.4 is 5.06 Å². The highest BCUT2D eigenvalue weighted by molar-refractivity contribution is 6.39. The van der Waals surface area contributed by atoms with Gasteiger partial charge in [0.15, 0.2) is 5.78 Å². The molecule has 85 heavy (non-hydrogen) atoms. The van der Waals surface area contributed by atoms with Crippen molar-refractivity contribution >= 4 is 40.9 Å². The van der Waals surface area contributed by atoms with Crippen molar-refractivity contribution in [2.24, 2.45) is 40.9 Å². The summed E-state index contributed by atoms with van der Waals surface area (Å²) in [4.78, 5) is 98.9. The standard InChI is InChI=1S/C67H95N3O15/c1-40-32-44(5)59(72)61(81-12)60(73)45(6)33-41(2)54(71)38-57(42(3)34-47-25-29-55(58(36-47)80-11)83-65(77)66(8,9)39-48-20-16-18-30-68-48)82-64(76)53-23-17-19-31-69(53)63(75)62(74)67(78)46(7)24-26-50(84-67)37-56(79-10)43(4)35-51-27-28-52(40)70(85-51)49-21-14-13-15-22-49/h13-16,18,20-22,27-28,30,33,35,40-42,44,46-47,50-53,55-58,60-61,73,78H,17,19,23-26,29,31-32,34,36-39H2,1-12H3/b43-35+,45-33+/t40-,41+,42+,44+,46+,47-,50-,51?,52?,53?,55+,56-,57-,58+,60+,61-,67+/m0/s1. The first-order valence-corrected chi connectivity index (χ1v) is 30.8. The van der Waals surface area contributed by atoms with Crippen molar-refractivity contribution in [1.29, 1.82) is 0 Å². The molecule has 17 atom stereocenters. The van der Waals surface area contributed by atoms with Gasteiger partial charge in [-0.3, -0.25) is 33.8 Å². The predicted octanol–water partition coefficient (Wildman–Crippen LogP) is 9.03. The normalized spacial score (nSPS) is 35.5. The summed E-state index contributed by atoms with van der Waals surface area (Å²) in [6, 6.07) is 13.8. The van der Waals surface area contributed by atoms with Gasteiger partial charge in [-0.05, 0) is 151 Å². The predicted molar refractivity (Wildman–Crippen MR) is 319 cm³/mol. The molecule has 1 aromatic heterocycles. The molecule has 2 saturated heterocycles. The molecular weight excluding hydrogens is 1090 g/mol. The van der Waals surface area contributed by atoms with Gasteiger partial charge in [-0.1, -0.05) is 77.1 Å². The Kier molecular flexibility index (Phi) is 23.6. The number of amides is 1. The van der Waals surface area contributed by atoms with E-state index in [1.807, 2.05) is 107 Å². The maximum Gasteiger partial charge on any atom is 0.329 e. The van der Waals surface area contributed by atoms with Gasteiger partial charge in [-0.15, -0.1) is 0 Å². The van der Waals surface area contributed by atoms with Crippen molar-refractivity contribution in [2.45, 2.75) is 212 Å². The first kappa shape index (κ1) is 67.0. The van der Waals surface area contributed by atoms with E-state index in [0.29, 0.717) is 69.8 Å². The number of ether oxygens (including phenoxy) is 6. The van der Waals surface area contributed by atoms with E-state index in [2.05, 4.69) is 11.1 Å². The molecule has 2 N–H and O–H groups in total. The average Bonchev–Trinajstić information content (AvgIpc) is 1.98. The molecule has 8 rings (SSSR count). The number of carbonyl (C=O) groups is 6. The molecule has 18 nitrogen and oxygen atoms in total. The largest absolute Gasteiger partial charge is 0.460 e. The van der Waals surface area contributed by atoms with Crippen LogP contribution in [0.1, 0.15) is 145 Å². The Balaban J connectivity index is 1.17. The number of nitrogens with zero attached hydrogens (tertiary/aromatic N) is 3. The fourth-order valence-electron chi connectivity index (χ4n) is 13.2. The van der Waals surface area contributed by atoms with Crippen molar-refractivity contribution in [3.63, 3.8) is 0 Å². The van der Waals surface area contributed by atoms with E-state index in [-0.39, 0.29) is 61.2 Å². The number of para-hydroxylation sites is 1. The molecule has 1 amide bonds. The van der Waals surface area contributed by atoms with Crippen LogP contribution in [0.15, 0.2) is 90.2 Å². The smallest absolute Gasteiger partial charge is 0.329 e. The summed E-state index contributed by atoms with van der Waals surface area (Å²) in [5.41, 5.74) is 1.89. The molecule has 468 valence electrons. The number of hydrogen-bond acceptors (Lipinski definition) is 17. The van der Waals surface area contributed by atoms with Gasteiger partial charge >= 0.3 is 11.9 Å². The third-order valence-corrected chi connectivity index (χ3v) is 18.6. The second kappa shape index (κ2) is 30.0. The first-order chi connectivity index (χ1) is 40.4. The van der Waals surface area contributed by atoms with E-state index in [9.17, 15) is 39.0 Å². The molecule has 3 unspecified atom stereocenters. The van der Waals surface area contributed by atoms with Gasteiger partial charge in [0.1, 0.15) is 42.3 Å². The number of esters is 2. The minimum atomic E-state index is -2.50. The number of aliphatic hydroxyl groups excluding tert-OH is 1. The van der Waals surface area contributed by atoms with Gasteiger partial charge in [-0.25, -0.2) is 9.86 Å². The van der Waals surface area contributed by atoms with Crippen molar-refractivity contribution in [3.05, 3.63) is 95.9 Å². The Labute approximate surface area is 503 Å². The fraction of sp³-hybridized carbons (Fsp3) is 0.657. The maximum atomic E-state index is 14.8. The lowest BCUT2D eigenvalue weighted by Gasteiger charge is -2.43.